The summed E-state index contributed by atoms with van der Waals surface area (Å²) in [5.41, 5.74) is 6.62. The summed E-state index contributed by atoms with van der Waals surface area (Å²) in [6, 6.07) is 4.95. The average molecular weight is 300 g/mol. The second-order valence-electron chi connectivity index (χ2n) is 5.04. The van der Waals surface area contributed by atoms with E-state index in [1.165, 1.54) is 13.2 Å². The van der Waals surface area contributed by atoms with E-state index in [1.807, 2.05) is 11.8 Å². The van der Waals surface area contributed by atoms with Gasteiger partial charge in [0.15, 0.2) is 0 Å². The highest BCUT2D eigenvalue weighted by atomic mass is 32.2. The summed E-state index contributed by atoms with van der Waals surface area (Å²) < 4.78 is 19.1. The quantitative estimate of drug-likeness (QED) is 0.801. The third-order valence-corrected chi connectivity index (χ3v) is 4.37. The van der Waals surface area contributed by atoms with Crippen molar-refractivity contribution in [2.45, 2.75) is 25.4 Å². The van der Waals surface area contributed by atoms with Crippen molar-refractivity contribution < 1.29 is 9.13 Å². The van der Waals surface area contributed by atoms with Gasteiger partial charge in [-0.05, 0) is 45.3 Å². The molecule has 0 amide bonds. The van der Waals surface area contributed by atoms with Gasteiger partial charge < -0.3 is 15.4 Å². The summed E-state index contributed by atoms with van der Waals surface area (Å²) in [4.78, 5) is 2.25. The first kappa shape index (κ1) is 17.3. The molecule has 0 heterocycles. The Morgan fingerprint density at radius 2 is 2.15 bits per heavy atom. The molecule has 2 atom stereocenters. The molecule has 0 spiro atoms. The van der Waals surface area contributed by atoms with Crippen LogP contribution in [-0.2, 0) is 0 Å². The lowest BCUT2D eigenvalue weighted by atomic mass is 10.0. The first-order chi connectivity index (χ1) is 9.51. The number of hydrogen-bond donors (Lipinski definition) is 1. The van der Waals surface area contributed by atoms with Crippen molar-refractivity contribution in [2.75, 3.05) is 32.7 Å². The van der Waals surface area contributed by atoms with Crippen molar-refractivity contribution in [3.63, 3.8) is 0 Å². The molecule has 3 nitrogen and oxygen atoms in total. The van der Waals surface area contributed by atoms with E-state index in [2.05, 4.69) is 25.1 Å². The number of ether oxygens (including phenoxy) is 1. The Bertz CT molecular complexity index is 417. The zero-order valence-corrected chi connectivity index (χ0v) is 13.5. The third-order valence-electron chi connectivity index (χ3n) is 3.56. The van der Waals surface area contributed by atoms with Gasteiger partial charge in [0.1, 0.15) is 11.6 Å². The Kier molecular flexibility index (Phi) is 7.34. The summed E-state index contributed by atoms with van der Waals surface area (Å²) >= 11 is 1.82. The van der Waals surface area contributed by atoms with Crippen LogP contribution < -0.4 is 10.5 Å². The highest BCUT2D eigenvalue weighted by Crippen LogP contribution is 2.28. The fourth-order valence-corrected chi connectivity index (χ4v) is 2.87. The van der Waals surface area contributed by atoms with E-state index >= 15 is 0 Å². The Balaban J connectivity index is 2.65. The summed E-state index contributed by atoms with van der Waals surface area (Å²) in [5.74, 6) is 1.31. The van der Waals surface area contributed by atoms with Gasteiger partial charge in [-0.25, -0.2) is 4.39 Å². The van der Waals surface area contributed by atoms with Crippen LogP contribution in [0.2, 0.25) is 0 Å². The molecular formula is C15H25FN2OS. The van der Waals surface area contributed by atoms with Crippen molar-refractivity contribution in [3.05, 3.63) is 29.6 Å². The van der Waals surface area contributed by atoms with E-state index < -0.39 is 0 Å². The molecule has 0 aliphatic carbocycles. The van der Waals surface area contributed by atoms with E-state index in [1.54, 1.807) is 12.1 Å². The van der Waals surface area contributed by atoms with Crippen LogP contribution in [0.4, 0.5) is 4.39 Å². The summed E-state index contributed by atoms with van der Waals surface area (Å²) in [7, 11) is 3.61. The lowest BCUT2D eigenvalue weighted by Gasteiger charge is -2.26. The number of thioether (sulfide) groups is 1. The van der Waals surface area contributed by atoms with E-state index in [4.69, 9.17) is 10.5 Å². The minimum atomic E-state index is -0.352. The van der Waals surface area contributed by atoms with Gasteiger partial charge in [-0.3, -0.25) is 0 Å². The molecular weight excluding hydrogens is 275 g/mol. The molecule has 5 heteroatoms. The molecule has 1 rings (SSSR count). The topological polar surface area (TPSA) is 38.5 Å². The second kappa shape index (κ2) is 8.49. The van der Waals surface area contributed by atoms with Crippen LogP contribution in [0.1, 0.15) is 24.9 Å². The number of halogens is 1. The molecule has 0 saturated carbocycles. The Hall–Kier alpha value is -0.780. The molecule has 1 aromatic rings. The number of benzene rings is 1. The molecule has 114 valence electrons. The maximum absolute atomic E-state index is 13.9. The molecule has 0 saturated heterocycles. The van der Waals surface area contributed by atoms with E-state index in [0.29, 0.717) is 23.8 Å². The van der Waals surface area contributed by atoms with Gasteiger partial charge >= 0.3 is 0 Å². The predicted octanol–water partition coefficient (Wildman–Crippen LogP) is 2.91. The molecule has 2 N–H and O–H groups in total. The van der Waals surface area contributed by atoms with Gasteiger partial charge in [0.2, 0.25) is 0 Å². The van der Waals surface area contributed by atoms with Gasteiger partial charge in [0.05, 0.1) is 7.11 Å². The first-order valence-electron chi connectivity index (χ1n) is 6.78. The van der Waals surface area contributed by atoms with Crippen LogP contribution in [0.25, 0.3) is 0 Å². The van der Waals surface area contributed by atoms with Crippen LogP contribution in [0.5, 0.6) is 5.75 Å². The van der Waals surface area contributed by atoms with Gasteiger partial charge in [-0.1, -0.05) is 6.07 Å². The maximum Gasteiger partial charge on any atom is 0.131 e. The van der Waals surface area contributed by atoms with E-state index in [9.17, 15) is 4.39 Å². The van der Waals surface area contributed by atoms with Crippen molar-refractivity contribution in [1.29, 1.82) is 0 Å². The highest BCUT2D eigenvalue weighted by molar-refractivity contribution is 7.98. The molecule has 0 aliphatic heterocycles. The molecule has 0 bridgehead atoms. The minimum absolute atomic E-state index is 0.295. The number of hydrogen-bond acceptors (Lipinski definition) is 4. The van der Waals surface area contributed by atoms with Gasteiger partial charge in [-0.2, -0.15) is 11.8 Å². The zero-order valence-electron chi connectivity index (χ0n) is 12.7. The van der Waals surface area contributed by atoms with Crippen LogP contribution >= 0.6 is 11.8 Å². The third kappa shape index (κ3) is 4.65. The monoisotopic (exact) mass is 300 g/mol. The van der Waals surface area contributed by atoms with Gasteiger partial charge in [0, 0.05) is 23.4 Å². The van der Waals surface area contributed by atoms with Crippen molar-refractivity contribution in [1.82, 2.24) is 4.90 Å². The predicted molar refractivity (Wildman–Crippen MR) is 85.0 cm³/mol. The molecule has 1 aromatic carbocycles. The molecule has 2 unspecified atom stereocenters. The fourth-order valence-electron chi connectivity index (χ4n) is 2.13. The van der Waals surface area contributed by atoms with Crippen molar-refractivity contribution in [3.8, 4) is 5.75 Å². The molecule has 0 aliphatic rings. The number of rotatable bonds is 8. The van der Waals surface area contributed by atoms with Crippen LogP contribution in [0.15, 0.2) is 18.2 Å². The fraction of sp³-hybridized carbons (Fsp3) is 0.600. The van der Waals surface area contributed by atoms with E-state index in [0.717, 1.165) is 12.3 Å². The molecule has 0 aromatic heterocycles. The Morgan fingerprint density at radius 3 is 2.75 bits per heavy atom. The number of methoxy groups -OCH3 is 1. The summed E-state index contributed by atoms with van der Waals surface area (Å²) in [6.45, 7) is 3.02. The molecule has 20 heavy (non-hydrogen) atoms. The van der Waals surface area contributed by atoms with Crippen LogP contribution in [0, 0.1) is 5.82 Å². The van der Waals surface area contributed by atoms with Crippen molar-refractivity contribution in [2.24, 2.45) is 5.73 Å². The summed E-state index contributed by atoms with van der Waals surface area (Å²) in [6.07, 6.45) is 2.80. The standard InChI is InChI=1S/C15H25FN2OS/c1-11(10-20-4)18(2)9-8-13(17)15-12(16)6-5-7-14(15)19-3/h5-7,11,13H,8-10,17H2,1-4H3. The summed E-state index contributed by atoms with van der Waals surface area (Å²) in [5, 5.41) is 0. The largest absolute Gasteiger partial charge is 0.496 e. The van der Waals surface area contributed by atoms with Gasteiger partial charge in [0.25, 0.3) is 0 Å². The minimum Gasteiger partial charge on any atom is -0.496 e. The van der Waals surface area contributed by atoms with Crippen molar-refractivity contribution >= 4 is 11.8 Å². The lowest BCUT2D eigenvalue weighted by Crippen LogP contribution is -2.33. The molecule has 0 radical (unpaired) electrons. The zero-order chi connectivity index (χ0) is 15.1. The van der Waals surface area contributed by atoms with Crippen LogP contribution in [0.3, 0.4) is 0 Å². The molecule has 0 fully saturated rings. The number of nitrogens with two attached hydrogens (primary N) is 1. The number of nitrogens with zero attached hydrogens (tertiary/aromatic N) is 1. The first-order valence-corrected chi connectivity index (χ1v) is 8.17. The Labute approximate surface area is 125 Å². The van der Waals surface area contributed by atoms with E-state index in [-0.39, 0.29) is 11.9 Å². The Morgan fingerprint density at radius 1 is 1.45 bits per heavy atom. The normalized spacial score (nSPS) is 14.3. The average Bonchev–Trinajstić information content (AvgIpc) is 2.44. The maximum atomic E-state index is 13.9. The smallest absolute Gasteiger partial charge is 0.131 e. The highest BCUT2D eigenvalue weighted by Gasteiger charge is 2.18. The SMILES string of the molecule is COc1cccc(F)c1C(N)CCN(C)C(C)CSC. The van der Waals surface area contributed by atoms with Gasteiger partial charge in [-0.15, -0.1) is 0 Å². The lowest BCUT2D eigenvalue weighted by molar-refractivity contribution is 0.265. The second-order valence-corrected chi connectivity index (χ2v) is 5.95. The van der Waals surface area contributed by atoms with Crippen LogP contribution in [-0.4, -0.2) is 43.7 Å².